The van der Waals surface area contributed by atoms with Crippen molar-refractivity contribution in [2.45, 2.75) is 6.92 Å². The van der Waals surface area contributed by atoms with E-state index >= 15 is 0 Å². The molecular formula is C26H27FN4O4. The fourth-order valence-electron chi connectivity index (χ4n) is 3.68. The van der Waals surface area contributed by atoms with Gasteiger partial charge < -0.3 is 24.4 Å². The number of hydrogen-bond donors (Lipinski definition) is 1. The van der Waals surface area contributed by atoms with Crippen LogP contribution in [0.2, 0.25) is 0 Å². The van der Waals surface area contributed by atoms with Crippen molar-refractivity contribution in [3.05, 3.63) is 66.1 Å². The molecule has 1 saturated heterocycles. The molecular weight excluding hydrogens is 451 g/mol. The van der Waals surface area contributed by atoms with E-state index in [9.17, 15) is 9.18 Å². The van der Waals surface area contributed by atoms with E-state index in [2.05, 4.69) is 15.2 Å². The van der Waals surface area contributed by atoms with Crippen LogP contribution in [0.15, 0.2) is 54.7 Å². The van der Waals surface area contributed by atoms with Crippen molar-refractivity contribution in [2.75, 3.05) is 50.2 Å². The number of nitrogens with zero attached hydrogens (tertiary/aromatic N) is 3. The maximum Gasteiger partial charge on any atom is 0.330 e. The van der Waals surface area contributed by atoms with E-state index in [1.807, 2.05) is 24.3 Å². The normalized spacial score (nSPS) is 13.6. The number of rotatable bonds is 8. The fraction of sp³-hybridized carbons (Fsp3) is 0.269. The number of anilines is 3. The Hall–Kier alpha value is -3.98. The number of carbonyl (C=O) groups excluding carboxylic acids is 1. The zero-order valence-corrected chi connectivity index (χ0v) is 19.7. The Morgan fingerprint density at radius 2 is 2.06 bits per heavy atom. The molecule has 182 valence electrons. The van der Waals surface area contributed by atoms with Crippen LogP contribution in [0, 0.1) is 5.82 Å². The highest BCUT2D eigenvalue weighted by molar-refractivity contribution is 5.87. The molecule has 1 N–H and O–H groups in total. The topological polar surface area (TPSA) is 85.8 Å². The van der Waals surface area contributed by atoms with E-state index in [1.165, 1.54) is 19.3 Å². The first kappa shape index (κ1) is 24.2. The highest BCUT2D eigenvalue weighted by Gasteiger charge is 2.19. The second-order valence-corrected chi connectivity index (χ2v) is 7.72. The predicted octanol–water partition coefficient (Wildman–Crippen LogP) is 4.45. The molecule has 0 aliphatic carbocycles. The van der Waals surface area contributed by atoms with Gasteiger partial charge in [0.1, 0.15) is 5.82 Å². The molecule has 2 heterocycles. The second-order valence-electron chi connectivity index (χ2n) is 7.72. The largest absolute Gasteiger partial charge is 0.494 e. The summed E-state index contributed by atoms with van der Waals surface area (Å²) in [5, 5.41) is 3.13. The van der Waals surface area contributed by atoms with Crippen LogP contribution in [-0.2, 0) is 14.3 Å². The summed E-state index contributed by atoms with van der Waals surface area (Å²) in [6, 6.07) is 12.3. The van der Waals surface area contributed by atoms with Crippen molar-refractivity contribution in [1.82, 2.24) is 9.97 Å². The molecule has 3 aromatic rings. The molecule has 0 atom stereocenters. The lowest BCUT2D eigenvalue weighted by Crippen LogP contribution is -2.37. The van der Waals surface area contributed by atoms with E-state index < -0.39 is 5.82 Å². The standard InChI is InChI=1S/C26H27FN4O4/c1-3-35-24(32)10-7-18-5-4-6-19(15-18)21-17-28-26(30-25(21)31-11-13-34-14-12-31)29-20-8-9-22(27)23(16-20)33-2/h4-10,15-17H,3,11-14H2,1-2H3,(H,28,29,30). The van der Waals surface area contributed by atoms with E-state index in [-0.39, 0.29) is 11.7 Å². The van der Waals surface area contributed by atoms with E-state index in [0.29, 0.717) is 44.5 Å². The minimum Gasteiger partial charge on any atom is -0.494 e. The van der Waals surface area contributed by atoms with Gasteiger partial charge in [-0.2, -0.15) is 4.98 Å². The molecule has 9 heteroatoms. The molecule has 1 aliphatic heterocycles. The first-order valence-corrected chi connectivity index (χ1v) is 11.3. The highest BCUT2D eigenvalue weighted by Crippen LogP contribution is 2.32. The Kier molecular flexibility index (Phi) is 7.89. The molecule has 0 spiro atoms. The Morgan fingerprint density at radius 1 is 1.23 bits per heavy atom. The van der Waals surface area contributed by atoms with Crippen LogP contribution >= 0.6 is 0 Å². The van der Waals surface area contributed by atoms with Gasteiger partial charge in [-0.1, -0.05) is 18.2 Å². The number of aromatic nitrogens is 2. The molecule has 2 aromatic carbocycles. The van der Waals surface area contributed by atoms with Gasteiger partial charge in [-0.3, -0.25) is 0 Å². The minimum atomic E-state index is -0.444. The van der Waals surface area contributed by atoms with E-state index in [0.717, 1.165) is 22.5 Å². The lowest BCUT2D eigenvalue weighted by molar-refractivity contribution is -0.137. The summed E-state index contributed by atoms with van der Waals surface area (Å²) in [5.41, 5.74) is 3.21. The Bertz CT molecular complexity index is 1210. The van der Waals surface area contributed by atoms with Gasteiger partial charge in [0.2, 0.25) is 5.95 Å². The highest BCUT2D eigenvalue weighted by atomic mass is 19.1. The molecule has 0 saturated carbocycles. The zero-order chi connectivity index (χ0) is 24.6. The summed E-state index contributed by atoms with van der Waals surface area (Å²) in [4.78, 5) is 23.1. The number of halogens is 1. The van der Waals surface area contributed by atoms with Crippen LogP contribution < -0.4 is 15.0 Å². The van der Waals surface area contributed by atoms with Crippen LogP contribution in [0.4, 0.5) is 21.8 Å². The van der Waals surface area contributed by atoms with Crippen LogP contribution in [0.5, 0.6) is 5.75 Å². The molecule has 0 unspecified atom stereocenters. The van der Waals surface area contributed by atoms with Crippen LogP contribution in [-0.4, -0.2) is 56.0 Å². The van der Waals surface area contributed by atoms with Crippen molar-refractivity contribution in [2.24, 2.45) is 0 Å². The first-order valence-electron chi connectivity index (χ1n) is 11.3. The Balaban J connectivity index is 1.67. The van der Waals surface area contributed by atoms with Gasteiger partial charge in [-0.15, -0.1) is 0 Å². The summed E-state index contributed by atoms with van der Waals surface area (Å²) >= 11 is 0. The molecule has 1 aliphatic rings. The average Bonchev–Trinajstić information content (AvgIpc) is 2.89. The fourth-order valence-corrected chi connectivity index (χ4v) is 3.68. The van der Waals surface area contributed by atoms with Crippen molar-refractivity contribution in [3.63, 3.8) is 0 Å². The molecule has 35 heavy (non-hydrogen) atoms. The summed E-state index contributed by atoms with van der Waals surface area (Å²) in [7, 11) is 1.42. The summed E-state index contributed by atoms with van der Waals surface area (Å²) in [5.74, 6) is 0.435. The summed E-state index contributed by atoms with van der Waals surface area (Å²) in [6.07, 6.45) is 4.88. The summed E-state index contributed by atoms with van der Waals surface area (Å²) < 4.78 is 29.3. The van der Waals surface area contributed by atoms with Gasteiger partial charge in [-0.25, -0.2) is 14.2 Å². The third-order valence-electron chi connectivity index (χ3n) is 5.38. The summed E-state index contributed by atoms with van der Waals surface area (Å²) in [6.45, 7) is 4.68. The van der Waals surface area contributed by atoms with E-state index in [1.54, 1.807) is 31.3 Å². The van der Waals surface area contributed by atoms with Crippen molar-refractivity contribution in [3.8, 4) is 16.9 Å². The van der Waals surface area contributed by atoms with Crippen LogP contribution in [0.25, 0.3) is 17.2 Å². The number of carbonyl (C=O) groups is 1. The molecule has 0 radical (unpaired) electrons. The maximum atomic E-state index is 13.8. The van der Waals surface area contributed by atoms with Gasteiger partial charge in [-0.05, 0) is 42.3 Å². The number of esters is 1. The lowest BCUT2D eigenvalue weighted by atomic mass is 10.0. The van der Waals surface area contributed by atoms with Crippen molar-refractivity contribution >= 4 is 29.5 Å². The van der Waals surface area contributed by atoms with E-state index in [4.69, 9.17) is 19.2 Å². The molecule has 0 bridgehead atoms. The Morgan fingerprint density at radius 3 is 2.83 bits per heavy atom. The lowest BCUT2D eigenvalue weighted by Gasteiger charge is -2.29. The average molecular weight is 479 g/mol. The number of ether oxygens (including phenoxy) is 3. The number of morpholine rings is 1. The number of benzene rings is 2. The van der Waals surface area contributed by atoms with Gasteiger partial charge in [0, 0.05) is 42.7 Å². The quantitative estimate of drug-likeness (QED) is 0.376. The third kappa shape index (κ3) is 6.13. The van der Waals surface area contributed by atoms with Gasteiger partial charge in [0.05, 0.1) is 26.9 Å². The molecule has 4 rings (SSSR count). The van der Waals surface area contributed by atoms with Crippen molar-refractivity contribution in [1.29, 1.82) is 0 Å². The van der Waals surface area contributed by atoms with Gasteiger partial charge >= 0.3 is 5.97 Å². The monoisotopic (exact) mass is 478 g/mol. The predicted molar refractivity (Wildman–Crippen MR) is 132 cm³/mol. The number of nitrogens with one attached hydrogen (secondary N) is 1. The van der Waals surface area contributed by atoms with Crippen molar-refractivity contribution < 1.29 is 23.4 Å². The number of hydrogen-bond acceptors (Lipinski definition) is 8. The smallest absolute Gasteiger partial charge is 0.330 e. The SMILES string of the molecule is CCOC(=O)C=Cc1cccc(-c2cnc(Nc3ccc(F)c(OC)c3)nc2N2CCOCC2)c1. The molecule has 1 aromatic heterocycles. The Labute approximate surface area is 203 Å². The van der Waals surface area contributed by atoms with Crippen LogP contribution in [0.1, 0.15) is 12.5 Å². The molecule has 1 fully saturated rings. The van der Waals surface area contributed by atoms with Crippen LogP contribution in [0.3, 0.4) is 0 Å². The van der Waals surface area contributed by atoms with Gasteiger partial charge in [0.25, 0.3) is 0 Å². The maximum absolute atomic E-state index is 13.8. The zero-order valence-electron chi connectivity index (χ0n) is 19.7. The van der Waals surface area contributed by atoms with Gasteiger partial charge in [0.15, 0.2) is 11.6 Å². The minimum absolute atomic E-state index is 0.132. The number of methoxy groups -OCH3 is 1. The second kappa shape index (κ2) is 11.4. The molecule has 0 amide bonds. The molecule has 8 nitrogen and oxygen atoms in total. The third-order valence-corrected chi connectivity index (χ3v) is 5.38. The first-order chi connectivity index (χ1) is 17.1.